The summed E-state index contributed by atoms with van der Waals surface area (Å²) in [6, 6.07) is 7.79. The zero-order chi connectivity index (χ0) is 25.2. The molecule has 11 heteroatoms. The minimum Gasteiger partial charge on any atom is -0.335 e. The molecule has 0 aliphatic heterocycles. The number of nitrogens with one attached hydrogen (secondary N) is 1. The average molecular weight is 507 g/mol. The van der Waals surface area contributed by atoms with Gasteiger partial charge in [-0.15, -0.1) is 0 Å². The number of pyridine rings is 1. The Morgan fingerprint density at radius 1 is 1.20 bits per heavy atom. The average Bonchev–Trinajstić information content (AvgIpc) is 3.24. The van der Waals surface area contributed by atoms with Gasteiger partial charge in [-0.2, -0.15) is 23.2 Å². The first kappa shape index (κ1) is 23.8. The lowest BCUT2D eigenvalue weighted by atomic mass is 10.1. The first-order chi connectivity index (χ1) is 16.5. The number of hydrogen-bond acceptors (Lipinski definition) is 4. The van der Waals surface area contributed by atoms with Crippen molar-refractivity contribution >= 4 is 20.9 Å². The second-order valence-electron chi connectivity index (χ2n) is 9.35. The van der Waals surface area contributed by atoms with Crippen LogP contribution in [0.3, 0.4) is 0 Å². The quantitative estimate of drug-likeness (QED) is 0.462. The van der Waals surface area contributed by atoms with Crippen LogP contribution in [0.2, 0.25) is 0 Å². The van der Waals surface area contributed by atoms with Gasteiger partial charge >= 0.3 is 6.18 Å². The van der Waals surface area contributed by atoms with Crippen molar-refractivity contribution in [1.82, 2.24) is 14.3 Å². The Hall–Kier alpha value is -2.97. The molecule has 0 saturated heterocycles. The Bertz CT molecular complexity index is 1460. The Balaban J connectivity index is 1.62. The molecule has 0 radical (unpaired) electrons. The molecule has 2 aliphatic rings. The lowest BCUT2D eigenvalue weighted by Crippen LogP contribution is -2.47. The van der Waals surface area contributed by atoms with E-state index in [9.17, 15) is 26.9 Å². The van der Waals surface area contributed by atoms with Crippen LogP contribution in [0.15, 0.2) is 35.4 Å². The van der Waals surface area contributed by atoms with Gasteiger partial charge in [-0.05, 0) is 62.4 Å². The number of halogens is 4. The van der Waals surface area contributed by atoms with Gasteiger partial charge in [-0.1, -0.05) is 12.8 Å². The number of aryl methyl sites for hydroxylation is 1. The Labute approximate surface area is 199 Å². The van der Waals surface area contributed by atoms with E-state index in [1.165, 1.54) is 12.1 Å². The molecule has 6 nitrogen and oxygen atoms in total. The van der Waals surface area contributed by atoms with E-state index >= 15 is 4.39 Å². The second kappa shape index (κ2) is 8.03. The van der Waals surface area contributed by atoms with Gasteiger partial charge in [-0.3, -0.25) is 4.98 Å². The summed E-state index contributed by atoms with van der Waals surface area (Å²) in [5.41, 5.74) is -0.450. The van der Waals surface area contributed by atoms with Crippen molar-refractivity contribution in [1.29, 1.82) is 5.26 Å². The zero-order valence-corrected chi connectivity index (χ0v) is 19.6. The molecule has 0 unspecified atom stereocenters. The highest BCUT2D eigenvalue weighted by atomic mass is 32.2. The summed E-state index contributed by atoms with van der Waals surface area (Å²) in [6.07, 6.45) is -0.712. The van der Waals surface area contributed by atoms with Crippen molar-refractivity contribution in [3.05, 3.63) is 47.4 Å². The molecule has 184 valence electrons. The molecule has 0 amide bonds. The number of aromatic nitrogens is 2. The molecule has 35 heavy (non-hydrogen) atoms. The van der Waals surface area contributed by atoms with Gasteiger partial charge in [0.25, 0.3) is 0 Å². The Morgan fingerprint density at radius 2 is 1.89 bits per heavy atom. The Morgan fingerprint density at radius 3 is 2.43 bits per heavy atom. The molecule has 0 spiro atoms. The number of rotatable bonds is 5. The first-order valence-electron chi connectivity index (χ1n) is 11.3. The summed E-state index contributed by atoms with van der Waals surface area (Å²) in [4.78, 5) is 3.81. The summed E-state index contributed by atoms with van der Waals surface area (Å²) in [6.45, 7) is 1.76. The molecule has 0 atom stereocenters. The molecular weight excluding hydrogens is 484 g/mol. The van der Waals surface area contributed by atoms with Crippen molar-refractivity contribution in [2.75, 3.05) is 0 Å². The fourth-order valence-corrected chi connectivity index (χ4v) is 6.38. The molecule has 2 aliphatic carbocycles. The highest BCUT2D eigenvalue weighted by Gasteiger charge is 2.65. The minimum absolute atomic E-state index is 0.0178. The van der Waals surface area contributed by atoms with E-state index in [1.807, 2.05) is 10.6 Å². The van der Waals surface area contributed by atoms with Crippen molar-refractivity contribution < 1.29 is 26.0 Å². The topological polar surface area (TPSA) is 87.8 Å². The van der Waals surface area contributed by atoms with E-state index in [0.29, 0.717) is 16.8 Å². The van der Waals surface area contributed by atoms with Crippen LogP contribution in [0.25, 0.3) is 22.3 Å². The predicted octanol–water partition coefficient (Wildman–Crippen LogP) is 5.51. The summed E-state index contributed by atoms with van der Waals surface area (Å²) < 4.78 is 83.8. The molecule has 5 rings (SSSR count). The smallest absolute Gasteiger partial charge is 0.335 e. The molecular formula is C24H22F4N4O2S. The van der Waals surface area contributed by atoms with Crippen LogP contribution in [0.5, 0.6) is 0 Å². The van der Waals surface area contributed by atoms with Crippen LogP contribution < -0.4 is 4.72 Å². The predicted molar refractivity (Wildman–Crippen MR) is 120 cm³/mol. The number of benzene rings is 1. The van der Waals surface area contributed by atoms with Crippen molar-refractivity contribution in [2.45, 2.75) is 68.1 Å². The summed E-state index contributed by atoms with van der Waals surface area (Å²) in [7, 11) is -4.48. The first-order valence-corrected chi connectivity index (χ1v) is 12.8. The van der Waals surface area contributed by atoms with Gasteiger partial charge in [-0.25, -0.2) is 12.8 Å². The summed E-state index contributed by atoms with van der Waals surface area (Å²) >= 11 is 0. The van der Waals surface area contributed by atoms with Crippen molar-refractivity contribution in [3.63, 3.8) is 0 Å². The maximum atomic E-state index is 15.0. The van der Waals surface area contributed by atoms with Gasteiger partial charge in [0, 0.05) is 12.2 Å². The third kappa shape index (κ3) is 3.89. The largest absolute Gasteiger partial charge is 0.407 e. The van der Waals surface area contributed by atoms with Crippen LogP contribution >= 0.6 is 0 Å². The second-order valence-corrected chi connectivity index (χ2v) is 11.0. The molecule has 1 N–H and O–H groups in total. The van der Waals surface area contributed by atoms with E-state index < -0.39 is 32.5 Å². The van der Waals surface area contributed by atoms with E-state index in [4.69, 9.17) is 0 Å². The fourth-order valence-electron chi connectivity index (χ4n) is 4.99. The molecule has 2 heterocycles. The molecule has 2 aromatic heterocycles. The summed E-state index contributed by atoms with van der Waals surface area (Å²) in [5.74, 6) is -0.528. The van der Waals surface area contributed by atoms with Crippen LogP contribution in [0.1, 0.15) is 55.7 Å². The maximum Gasteiger partial charge on any atom is 0.407 e. The lowest BCUT2D eigenvalue weighted by Gasteiger charge is -2.21. The lowest BCUT2D eigenvalue weighted by molar-refractivity contribution is -0.160. The van der Waals surface area contributed by atoms with Gasteiger partial charge in [0.05, 0.1) is 27.9 Å². The van der Waals surface area contributed by atoms with Crippen molar-refractivity contribution in [2.24, 2.45) is 0 Å². The van der Waals surface area contributed by atoms with Crippen LogP contribution in [-0.4, -0.2) is 29.7 Å². The normalized spacial score (nSPS) is 18.2. The van der Waals surface area contributed by atoms with Gasteiger partial charge in [0.2, 0.25) is 10.0 Å². The minimum atomic E-state index is -4.69. The van der Waals surface area contributed by atoms with Crippen LogP contribution in [0.4, 0.5) is 17.6 Å². The number of nitriles is 1. The highest BCUT2D eigenvalue weighted by Crippen LogP contribution is 2.50. The Kier molecular flexibility index (Phi) is 5.45. The zero-order valence-electron chi connectivity index (χ0n) is 18.8. The monoisotopic (exact) mass is 506 g/mol. The van der Waals surface area contributed by atoms with Crippen molar-refractivity contribution in [3.8, 4) is 17.5 Å². The number of nitrogens with zero attached hydrogens (tertiary/aromatic N) is 3. The highest BCUT2D eigenvalue weighted by molar-refractivity contribution is 7.89. The third-order valence-electron chi connectivity index (χ3n) is 6.91. The van der Waals surface area contributed by atoms with Gasteiger partial charge < -0.3 is 4.57 Å². The van der Waals surface area contributed by atoms with E-state index in [0.717, 1.165) is 37.9 Å². The molecule has 1 aromatic carbocycles. The maximum absolute atomic E-state index is 15.0. The number of sulfonamides is 1. The molecule has 3 aromatic rings. The van der Waals surface area contributed by atoms with E-state index in [-0.39, 0.29) is 35.5 Å². The van der Waals surface area contributed by atoms with Crippen LogP contribution in [-0.2, 0) is 10.0 Å². The van der Waals surface area contributed by atoms with Crippen LogP contribution in [0, 0.1) is 24.1 Å². The molecule has 0 bridgehead atoms. The number of fused-ring (bicyclic) bond motifs is 1. The third-order valence-corrected chi connectivity index (χ3v) is 8.44. The molecule has 2 saturated carbocycles. The summed E-state index contributed by atoms with van der Waals surface area (Å²) in [5, 5.41) is 10.1. The fraction of sp³-hybridized carbons (Fsp3) is 0.417. The number of hydrogen-bond donors (Lipinski definition) is 1. The number of alkyl halides is 3. The van der Waals surface area contributed by atoms with Gasteiger partial charge in [0.1, 0.15) is 22.3 Å². The van der Waals surface area contributed by atoms with Gasteiger partial charge in [0.15, 0.2) is 0 Å². The van der Waals surface area contributed by atoms with E-state index in [1.54, 1.807) is 11.6 Å². The molecule has 2 fully saturated rings. The SMILES string of the molecule is Cc1cc(F)c2c(C#N)c(-c3ccc(S(=O)(=O)NC4(C(F)(F)F)CC4)cn3)n(C3CCCC3)c2c1. The van der Waals surface area contributed by atoms with E-state index in [2.05, 4.69) is 11.1 Å². The standard InChI is InChI=1S/C24H22F4N4O2S/c1-14-10-18(25)21-17(12-29)22(32(20(21)11-14)15-4-2-3-5-15)19-7-6-16(13-30-19)35(33,34)31-23(8-9-23)24(26,27)28/h6-7,10-11,13,15,31H,2-5,8-9H2,1H3.